The van der Waals surface area contributed by atoms with Gasteiger partial charge >= 0.3 is 11.9 Å². The molecule has 28 heavy (non-hydrogen) atoms. The number of carbonyl (C=O) groups is 3. The van der Waals surface area contributed by atoms with Crippen molar-refractivity contribution in [3.8, 4) is 0 Å². The maximum atomic E-state index is 12.5. The first-order chi connectivity index (χ1) is 13.3. The zero-order valence-electron chi connectivity index (χ0n) is 16.4. The summed E-state index contributed by atoms with van der Waals surface area (Å²) in [5.74, 6) is -1.26. The van der Waals surface area contributed by atoms with Crippen LogP contribution in [0.15, 0.2) is 53.9 Å². The molecule has 0 aromatic heterocycles. The third kappa shape index (κ3) is 3.38. The maximum absolute atomic E-state index is 12.5. The monoisotopic (exact) mass is 381 g/mol. The topological polar surface area (TPSA) is 72.9 Å². The van der Waals surface area contributed by atoms with E-state index in [9.17, 15) is 14.4 Å². The van der Waals surface area contributed by atoms with Gasteiger partial charge in [-0.15, -0.1) is 0 Å². The molecule has 1 heterocycles. The summed E-state index contributed by atoms with van der Waals surface area (Å²) in [5, 5.41) is 0. The fourth-order valence-electron chi connectivity index (χ4n) is 3.56. The Labute approximate surface area is 164 Å². The summed E-state index contributed by atoms with van der Waals surface area (Å²) >= 11 is 0. The standard InChI is InChI=1S/C22H23NO5/c1-22(2)11-10-18(24)16-13-14(8-9-17(16)22)23-12-6-5-7-15(20(25)27-3)19(23)21(26)28-4/h5-9,12-13H,10-11H2,1-4H3. The van der Waals surface area contributed by atoms with E-state index in [2.05, 4.69) is 13.8 Å². The Morgan fingerprint density at radius 2 is 1.79 bits per heavy atom. The molecular weight excluding hydrogens is 358 g/mol. The number of ether oxygens (including phenoxy) is 2. The molecule has 0 bridgehead atoms. The van der Waals surface area contributed by atoms with Gasteiger partial charge in [0, 0.05) is 23.9 Å². The fraction of sp³-hybridized carbons (Fsp3) is 0.318. The molecule has 6 heteroatoms. The van der Waals surface area contributed by atoms with Gasteiger partial charge in [-0.1, -0.05) is 26.0 Å². The van der Waals surface area contributed by atoms with Crippen LogP contribution in [0.3, 0.4) is 0 Å². The molecule has 146 valence electrons. The predicted molar refractivity (Wildman–Crippen MR) is 105 cm³/mol. The number of benzene rings is 1. The molecule has 0 saturated heterocycles. The van der Waals surface area contributed by atoms with Gasteiger partial charge in [-0.25, -0.2) is 9.59 Å². The number of hydrogen-bond acceptors (Lipinski definition) is 6. The molecule has 1 aromatic rings. The number of anilines is 1. The third-order valence-electron chi connectivity index (χ3n) is 5.18. The Morgan fingerprint density at radius 1 is 1.07 bits per heavy atom. The van der Waals surface area contributed by atoms with Crippen molar-refractivity contribution in [2.45, 2.75) is 32.1 Å². The molecule has 3 rings (SSSR count). The Kier molecular flexibility index (Phi) is 5.23. The van der Waals surface area contributed by atoms with Gasteiger partial charge < -0.3 is 14.4 Å². The van der Waals surface area contributed by atoms with Crippen LogP contribution in [0.25, 0.3) is 0 Å². The van der Waals surface area contributed by atoms with Gasteiger partial charge in [-0.05, 0) is 41.7 Å². The molecule has 0 radical (unpaired) electrons. The van der Waals surface area contributed by atoms with Crippen molar-refractivity contribution < 1.29 is 23.9 Å². The van der Waals surface area contributed by atoms with E-state index in [1.807, 2.05) is 12.1 Å². The van der Waals surface area contributed by atoms with Crippen molar-refractivity contribution >= 4 is 23.4 Å². The number of allylic oxidation sites excluding steroid dienone is 2. The van der Waals surface area contributed by atoms with Crippen LogP contribution in [0, 0.1) is 0 Å². The van der Waals surface area contributed by atoms with Gasteiger partial charge in [0.25, 0.3) is 0 Å². The summed E-state index contributed by atoms with van der Waals surface area (Å²) in [7, 11) is 2.50. The number of ketones is 1. The van der Waals surface area contributed by atoms with Gasteiger partial charge in [0.1, 0.15) is 5.70 Å². The molecule has 6 nitrogen and oxygen atoms in total. The number of nitrogens with zero attached hydrogens (tertiary/aromatic N) is 1. The van der Waals surface area contributed by atoms with Gasteiger partial charge in [0.15, 0.2) is 5.78 Å². The number of esters is 2. The van der Waals surface area contributed by atoms with Crippen molar-refractivity contribution in [1.29, 1.82) is 0 Å². The lowest BCUT2D eigenvalue weighted by Crippen LogP contribution is -2.29. The lowest BCUT2D eigenvalue weighted by molar-refractivity contribution is -0.139. The lowest BCUT2D eigenvalue weighted by Gasteiger charge is -2.33. The zero-order valence-corrected chi connectivity index (χ0v) is 16.4. The molecule has 0 spiro atoms. The van der Waals surface area contributed by atoms with Crippen LogP contribution in [0.4, 0.5) is 5.69 Å². The molecule has 0 amide bonds. The van der Waals surface area contributed by atoms with Crippen LogP contribution in [0.2, 0.25) is 0 Å². The second-order valence-electron chi connectivity index (χ2n) is 7.35. The average molecular weight is 381 g/mol. The minimum Gasteiger partial charge on any atom is -0.465 e. The van der Waals surface area contributed by atoms with E-state index >= 15 is 0 Å². The van der Waals surface area contributed by atoms with Crippen molar-refractivity contribution in [3.05, 3.63) is 65.0 Å². The van der Waals surface area contributed by atoms with Crippen LogP contribution in [0.1, 0.15) is 42.6 Å². The number of methoxy groups -OCH3 is 2. The normalized spacial score (nSPS) is 17.9. The third-order valence-corrected chi connectivity index (χ3v) is 5.18. The summed E-state index contributed by atoms with van der Waals surface area (Å²) in [6.45, 7) is 4.23. The molecule has 0 fully saturated rings. The smallest absolute Gasteiger partial charge is 0.355 e. The highest BCUT2D eigenvalue weighted by Crippen LogP contribution is 2.39. The summed E-state index contributed by atoms with van der Waals surface area (Å²) < 4.78 is 9.73. The van der Waals surface area contributed by atoms with E-state index in [1.165, 1.54) is 20.3 Å². The van der Waals surface area contributed by atoms with Crippen molar-refractivity contribution in [2.24, 2.45) is 0 Å². The molecule has 0 N–H and O–H groups in total. The number of hydrogen-bond donors (Lipinski definition) is 0. The molecule has 2 aliphatic rings. The number of Topliss-reactive ketones (excluding diaryl/α,β-unsaturated/α-hetero) is 1. The Hall–Kier alpha value is -3.15. The summed E-state index contributed by atoms with van der Waals surface area (Å²) in [5.41, 5.74) is 2.22. The van der Waals surface area contributed by atoms with E-state index in [0.29, 0.717) is 17.7 Å². The van der Waals surface area contributed by atoms with E-state index < -0.39 is 11.9 Å². The number of carbonyl (C=O) groups excluding carboxylic acids is 3. The molecular formula is C22H23NO5. The minimum atomic E-state index is -0.680. The summed E-state index contributed by atoms with van der Waals surface area (Å²) in [6.07, 6.45) is 7.77. The predicted octanol–water partition coefficient (Wildman–Crippen LogP) is 3.43. The number of rotatable bonds is 3. The van der Waals surface area contributed by atoms with Crippen LogP contribution in [0.5, 0.6) is 0 Å². The molecule has 0 saturated carbocycles. The van der Waals surface area contributed by atoms with Crippen LogP contribution < -0.4 is 4.90 Å². The average Bonchev–Trinajstić information content (AvgIpc) is 2.92. The SMILES string of the molecule is COC(=O)C1=C(C(=O)OC)N(c2ccc3c(c2)C(=O)CCC3(C)C)C=CC=C1. The second-order valence-corrected chi connectivity index (χ2v) is 7.35. The van der Waals surface area contributed by atoms with Gasteiger partial charge in [-0.2, -0.15) is 0 Å². The quantitative estimate of drug-likeness (QED) is 0.747. The second kappa shape index (κ2) is 7.46. The molecule has 0 unspecified atom stereocenters. The van der Waals surface area contributed by atoms with Crippen molar-refractivity contribution in [2.75, 3.05) is 19.1 Å². The highest BCUT2D eigenvalue weighted by Gasteiger charge is 2.33. The van der Waals surface area contributed by atoms with E-state index in [0.717, 1.165) is 12.0 Å². The Balaban J connectivity index is 2.18. The first kappa shape index (κ1) is 19.6. The molecule has 1 aliphatic carbocycles. The van der Waals surface area contributed by atoms with Crippen molar-refractivity contribution in [3.63, 3.8) is 0 Å². The van der Waals surface area contributed by atoms with Gasteiger partial charge in [0.2, 0.25) is 0 Å². The van der Waals surface area contributed by atoms with E-state index in [1.54, 1.807) is 29.3 Å². The van der Waals surface area contributed by atoms with Crippen molar-refractivity contribution in [1.82, 2.24) is 0 Å². The van der Waals surface area contributed by atoms with Crippen LogP contribution >= 0.6 is 0 Å². The van der Waals surface area contributed by atoms with Crippen LogP contribution in [-0.4, -0.2) is 31.9 Å². The largest absolute Gasteiger partial charge is 0.465 e. The van der Waals surface area contributed by atoms with Gasteiger partial charge in [0.05, 0.1) is 19.8 Å². The summed E-state index contributed by atoms with van der Waals surface area (Å²) in [4.78, 5) is 38.9. The maximum Gasteiger partial charge on any atom is 0.355 e. The first-order valence-corrected chi connectivity index (χ1v) is 9.03. The Bertz CT molecular complexity index is 936. The summed E-state index contributed by atoms with van der Waals surface area (Å²) in [6, 6.07) is 5.53. The molecule has 1 aliphatic heterocycles. The van der Waals surface area contributed by atoms with E-state index in [-0.39, 0.29) is 22.5 Å². The first-order valence-electron chi connectivity index (χ1n) is 9.03. The number of fused-ring (bicyclic) bond motifs is 1. The van der Waals surface area contributed by atoms with Gasteiger partial charge in [-0.3, -0.25) is 4.79 Å². The lowest BCUT2D eigenvalue weighted by atomic mass is 9.72. The fourth-order valence-corrected chi connectivity index (χ4v) is 3.56. The molecule has 0 atom stereocenters. The highest BCUT2D eigenvalue weighted by atomic mass is 16.5. The zero-order chi connectivity index (χ0) is 20.5. The highest BCUT2D eigenvalue weighted by molar-refractivity contribution is 6.06. The van der Waals surface area contributed by atoms with E-state index in [4.69, 9.17) is 9.47 Å². The minimum absolute atomic E-state index is 0.0295. The van der Waals surface area contributed by atoms with Crippen LogP contribution in [-0.2, 0) is 24.5 Å². The molecule has 1 aromatic carbocycles. The Morgan fingerprint density at radius 3 is 2.46 bits per heavy atom.